The molecule has 0 bridgehead atoms. The second-order valence-corrected chi connectivity index (χ2v) is 5.34. The second kappa shape index (κ2) is 6.05. The number of carbonyl (C=O) groups is 1. The van der Waals surface area contributed by atoms with E-state index in [2.05, 4.69) is 20.3 Å². The highest BCUT2D eigenvalue weighted by molar-refractivity contribution is 5.96. The summed E-state index contributed by atoms with van der Waals surface area (Å²) >= 11 is 0. The number of pyridine rings is 1. The van der Waals surface area contributed by atoms with Gasteiger partial charge in [-0.2, -0.15) is 5.10 Å². The number of ether oxygens (including phenoxy) is 1. The molecule has 0 aromatic carbocycles. The van der Waals surface area contributed by atoms with Crippen molar-refractivity contribution in [2.24, 2.45) is 7.05 Å². The number of carbonyl (C=O) groups excluding carboxylic acids is 1. The van der Waals surface area contributed by atoms with Gasteiger partial charge in [0.05, 0.1) is 19.0 Å². The zero-order valence-corrected chi connectivity index (χ0v) is 12.7. The summed E-state index contributed by atoms with van der Waals surface area (Å²) in [5.41, 5.74) is 1.54. The van der Waals surface area contributed by atoms with Crippen LogP contribution in [0.1, 0.15) is 16.8 Å². The lowest BCUT2D eigenvalue weighted by Crippen LogP contribution is -2.37. The molecule has 1 aliphatic rings. The van der Waals surface area contributed by atoms with Gasteiger partial charge in [-0.1, -0.05) is 0 Å². The van der Waals surface area contributed by atoms with Crippen LogP contribution in [-0.4, -0.2) is 46.9 Å². The number of aromatic nitrogens is 3. The second-order valence-electron chi connectivity index (χ2n) is 5.34. The molecule has 1 amide bonds. The number of anilines is 1. The van der Waals surface area contributed by atoms with E-state index in [1.165, 1.54) is 7.11 Å². The summed E-state index contributed by atoms with van der Waals surface area (Å²) in [6.45, 7) is 1.68. The zero-order valence-electron chi connectivity index (χ0n) is 12.7. The molecule has 3 rings (SSSR count). The van der Waals surface area contributed by atoms with Crippen LogP contribution in [0.3, 0.4) is 0 Å². The van der Waals surface area contributed by atoms with Gasteiger partial charge in [-0.3, -0.25) is 9.48 Å². The van der Waals surface area contributed by atoms with Gasteiger partial charge in [0.2, 0.25) is 5.88 Å². The van der Waals surface area contributed by atoms with Gasteiger partial charge in [-0.05, 0) is 18.6 Å². The Balaban J connectivity index is 1.63. The van der Waals surface area contributed by atoms with Crippen molar-refractivity contribution in [1.82, 2.24) is 20.1 Å². The fraction of sp³-hybridized carbons (Fsp3) is 0.400. The number of aryl methyl sites for hydroxylation is 1. The smallest absolute Gasteiger partial charge is 0.257 e. The van der Waals surface area contributed by atoms with Crippen molar-refractivity contribution in [3.8, 4) is 5.88 Å². The molecule has 22 heavy (non-hydrogen) atoms. The van der Waals surface area contributed by atoms with E-state index in [0.717, 1.165) is 25.2 Å². The number of nitrogens with one attached hydrogen (secondary N) is 1. The van der Waals surface area contributed by atoms with Crippen molar-refractivity contribution in [3.05, 3.63) is 36.3 Å². The van der Waals surface area contributed by atoms with E-state index >= 15 is 0 Å². The van der Waals surface area contributed by atoms with E-state index in [0.29, 0.717) is 11.4 Å². The average Bonchev–Trinajstić information content (AvgIpc) is 3.16. The van der Waals surface area contributed by atoms with Crippen LogP contribution < -0.4 is 15.0 Å². The topological polar surface area (TPSA) is 72.3 Å². The normalized spacial score (nSPS) is 17.5. The molecule has 116 valence electrons. The summed E-state index contributed by atoms with van der Waals surface area (Å²) in [4.78, 5) is 18.6. The zero-order chi connectivity index (χ0) is 15.5. The first-order valence-electron chi connectivity index (χ1n) is 7.21. The van der Waals surface area contributed by atoms with Crippen molar-refractivity contribution >= 4 is 11.6 Å². The van der Waals surface area contributed by atoms with E-state index in [9.17, 15) is 4.79 Å². The quantitative estimate of drug-likeness (QED) is 0.905. The number of hydrogen-bond acceptors (Lipinski definition) is 5. The van der Waals surface area contributed by atoms with Crippen LogP contribution in [0.15, 0.2) is 30.7 Å². The minimum absolute atomic E-state index is 0.109. The monoisotopic (exact) mass is 301 g/mol. The van der Waals surface area contributed by atoms with Crippen molar-refractivity contribution in [2.75, 3.05) is 25.1 Å². The SMILES string of the molecule is COc1ncccc1C(=O)NC1CCN(c2cnn(C)c2)C1. The number of hydrogen-bond donors (Lipinski definition) is 1. The highest BCUT2D eigenvalue weighted by atomic mass is 16.5. The molecule has 1 atom stereocenters. The third-order valence-electron chi connectivity index (χ3n) is 3.79. The third-order valence-corrected chi connectivity index (χ3v) is 3.79. The van der Waals surface area contributed by atoms with Crippen LogP contribution in [0.5, 0.6) is 5.88 Å². The molecular formula is C15H19N5O2. The lowest BCUT2D eigenvalue weighted by Gasteiger charge is -2.17. The molecule has 0 radical (unpaired) electrons. The minimum Gasteiger partial charge on any atom is -0.480 e. The van der Waals surface area contributed by atoms with Gasteiger partial charge >= 0.3 is 0 Å². The Labute approximate surface area is 128 Å². The number of methoxy groups -OCH3 is 1. The van der Waals surface area contributed by atoms with Gasteiger partial charge < -0.3 is 15.0 Å². The summed E-state index contributed by atoms with van der Waals surface area (Å²) < 4.78 is 6.91. The van der Waals surface area contributed by atoms with Crippen LogP contribution in [0.4, 0.5) is 5.69 Å². The average molecular weight is 301 g/mol. The van der Waals surface area contributed by atoms with Gasteiger partial charge in [0.15, 0.2) is 0 Å². The predicted octanol–water partition coefficient (Wildman–Crippen LogP) is 0.832. The fourth-order valence-electron chi connectivity index (χ4n) is 2.67. The maximum absolute atomic E-state index is 12.4. The van der Waals surface area contributed by atoms with Crippen LogP contribution in [-0.2, 0) is 7.05 Å². The Morgan fingerprint density at radius 3 is 3.09 bits per heavy atom. The summed E-state index contributed by atoms with van der Waals surface area (Å²) in [7, 11) is 3.41. The fourth-order valence-corrected chi connectivity index (χ4v) is 2.67. The van der Waals surface area contributed by atoms with Gasteiger partial charge in [-0.15, -0.1) is 0 Å². The Hall–Kier alpha value is -2.57. The van der Waals surface area contributed by atoms with Crippen molar-refractivity contribution in [3.63, 3.8) is 0 Å². The first kappa shape index (κ1) is 14.4. The van der Waals surface area contributed by atoms with Gasteiger partial charge in [0.1, 0.15) is 5.56 Å². The number of amides is 1. The lowest BCUT2D eigenvalue weighted by atomic mass is 10.2. The van der Waals surface area contributed by atoms with Crippen LogP contribution in [0.2, 0.25) is 0 Å². The molecule has 0 saturated carbocycles. The molecule has 2 aromatic heterocycles. The van der Waals surface area contributed by atoms with Gasteiger partial charge in [0.25, 0.3) is 5.91 Å². The standard InChI is InChI=1S/C15H19N5O2/c1-19-10-12(8-17-19)20-7-5-11(9-20)18-14(21)13-4-3-6-16-15(13)22-2/h3-4,6,8,10-11H,5,7,9H2,1-2H3,(H,18,21). The minimum atomic E-state index is -0.150. The van der Waals surface area contributed by atoms with Crippen molar-refractivity contribution < 1.29 is 9.53 Å². The number of rotatable bonds is 4. The largest absolute Gasteiger partial charge is 0.480 e. The maximum Gasteiger partial charge on any atom is 0.257 e. The van der Waals surface area contributed by atoms with E-state index in [1.807, 2.05) is 19.4 Å². The Kier molecular flexibility index (Phi) is 3.95. The van der Waals surface area contributed by atoms with E-state index in [1.54, 1.807) is 23.0 Å². The summed E-state index contributed by atoms with van der Waals surface area (Å²) in [5.74, 6) is 0.199. The molecule has 0 aliphatic carbocycles. The molecule has 1 N–H and O–H groups in total. The molecule has 0 spiro atoms. The van der Waals surface area contributed by atoms with Crippen molar-refractivity contribution in [1.29, 1.82) is 0 Å². The molecule has 1 saturated heterocycles. The molecule has 7 nitrogen and oxygen atoms in total. The highest BCUT2D eigenvalue weighted by Gasteiger charge is 2.26. The molecule has 3 heterocycles. The third kappa shape index (κ3) is 2.88. The molecule has 2 aromatic rings. The van der Waals surface area contributed by atoms with E-state index < -0.39 is 0 Å². The van der Waals surface area contributed by atoms with Crippen LogP contribution in [0.25, 0.3) is 0 Å². The molecule has 1 unspecified atom stereocenters. The molecule has 7 heteroatoms. The Morgan fingerprint density at radius 1 is 1.50 bits per heavy atom. The molecular weight excluding hydrogens is 282 g/mol. The Morgan fingerprint density at radius 2 is 2.36 bits per heavy atom. The van der Waals surface area contributed by atoms with E-state index in [4.69, 9.17) is 4.74 Å². The predicted molar refractivity (Wildman–Crippen MR) is 82.1 cm³/mol. The highest BCUT2D eigenvalue weighted by Crippen LogP contribution is 2.20. The summed E-state index contributed by atoms with van der Waals surface area (Å²) in [5, 5.41) is 7.23. The lowest BCUT2D eigenvalue weighted by molar-refractivity contribution is 0.0936. The first-order chi connectivity index (χ1) is 10.7. The maximum atomic E-state index is 12.4. The summed E-state index contributed by atoms with van der Waals surface area (Å²) in [6, 6.07) is 3.56. The summed E-state index contributed by atoms with van der Waals surface area (Å²) in [6.07, 6.45) is 6.33. The molecule has 1 aliphatic heterocycles. The van der Waals surface area contributed by atoms with Crippen molar-refractivity contribution in [2.45, 2.75) is 12.5 Å². The number of nitrogens with zero attached hydrogens (tertiary/aromatic N) is 4. The van der Waals surface area contributed by atoms with Crippen LogP contribution >= 0.6 is 0 Å². The van der Waals surface area contributed by atoms with Gasteiger partial charge in [0, 0.05) is 38.6 Å². The van der Waals surface area contributed by atoms with Gasteiger partial charge in [-0.25, -0.2) is 4.98 Å². The Bertz CT molecular complexity index is 669. The first-order valence-corrected chi connectivity index (χ1v) is 7.21. The van der Waals surface area contributed by atoms with E-state index in [-0.39, 0.29) is 11.9 Å². The molecule has 1 fully saturated rings. The van der Waals surface area contributed by atoms with Crippen LogP contribution in [0, 0.1) is 0 Å².